The molecule has 0 aliphatic carbocycles. The lowest BCUT2D eigenvalue weighted by atomic mass is 10.1. The predicted molar refractivity (Wildman–Crippen MR) is 57.7 cm³/mol. The molecule has 0 aliphatic heterocycles. The molecule has 2 aromatic rings. The summed E-state index contributed by atoms with van der Waals surface area (Å²) in [5.74, 6) is 0. The quantitative estimate of drug-likeness (QED) is 0.813. The minimum atomic E-state index is -0.117. The van der Waals surface area contributed by atoms with Gasteiger partial charge < -0.3 is 5.11 Å². The third-order valence-corrected chi connectivity index (χ3v) is 2.69. The van der Waals surface area contributed by atoms with Crippen LogP contribution in [0.25, 0.3) is 10.9 Å². The van der Waals surface area contributed by atoms with Crippen LogP contribution in [-0.4, -0.2) is 10.1 Å². The first-order chi connectivity index (χ1) is 6.72. The van der Waals surface area contributed by atoms with E-state index >= 15 is 0 Å². The number of rotatable bonds is 1. The second kappa shape index (κ2) is 3.73. The van der Waals surface area contributed by atoms with E-state index in [0.29, 0.717) is 15.6 Å². The summed E-state index contributed by atoms with van der Waals surface area (Å²) in [7, 11) is 0. The largest absolute Gasteiger partial charge is 0.392 e. The Kier molecular flexibility index (Phi) is 2.59. The van der Waals surface area contributed by atoms with Crippen LogP contribution in [0.3, 0.4) is 0 Å². The Bertz CT molecular complexity index is 485. The number of hydrogen-bond acceptors (Lipinski definition) is 2. The summed E-state index contributed by atoms with van der Waals surface area (Å²) in [5, 5.41) is 10.9. The van der Waals surface area contributed by atoms with Gasteiger partial charge in [-0.25, -0.2) is 0 Å². The highest BCUT2D eigenvalue weighted by Gasteiger charge is 2.05. The summed E-state index contributed by atoms with van der Waals surface area (Å²) in [6.07, 6.45) is 1.57. The van der Waals surface area contributed by atoms with Crippen molar-refractivity contribution >= 4 is 34.1 Å². The highest BCUT2D eigenvalue weighted by atomic mass is 35.5. The van der Waals surface area contributed by atoms with Crippen LogP contribution in [0.15, 0.2) is 24.4 Å². The monoisotopic (exact) mass is 227 g/mol. The van der Waals surface area contributed by atoms with Crippen LogP contribution in [0.1, 0.15) is 5.56 Å². The molecule has 0 fully saturated rings. The van der Waals surface area contributed by atoms with Gasteiger partial charge in [0, 0.05) is 22.2 Å². The summed E-state index contributed by atoms with van der Waals surface area (Å²) in [4.78, 5) is 4.15. The van der Waals surface area contributed by atoms with Gasteiger partial charge in [0.25, 0.3) is 0 Å². The van der Waals surface area contributed by atoms with Gasteiger partial charge in [-0.1, -0.05) is 23.2 Å². The molecule has 1 aromatic heterocycles. The fraction of sp³-hybridized carbons (Fsp3) is 0.100. The number of benzene rings is 1. The number of aliphatic hydroxyl groups is 1. The van der Waals surface area contributed by atoms with Crippen LogP contribution in [0, 0.1) is 0 Å². The van der Waals surface area contributed by atoms with Crippen LogP contribution < -0.4 is 0 Å². The van der Waals surface area contributed by atoms with Crippen molar-refractivity contribution in [3.05, 3.63) is 40.0 Å². The number of aromatic nitrogens is 1. The lowest BCUT2D eigenvalue weighted by molar-refractivity contribution is 0.281. The molecule has 72 valence electrons. The van der Waals surface area contributed by atoms with E-state index in [1.807, 2.05) is 0 Å². The molecule has 1 heterocycles. The Morgan fingerprint density at radius 3 is 2.79 bits per heavy atom. The molecule has 0 spiro atoms. The minimum Gasteiger partial charge on any atom is -0.392 e. The third-order valence-electron chi connectivity index (χ3n) is 2.01. The number of pyridine rings is 1. The van der Waals surface area contributed by atoms with E-state index in [2.05, 4.69) is 4.98 Å². The fourth-order valence-corrected chi connectivity index (χ4v) is 1.72. The van der Waals surface area contributed by atoms with Crippen molar-refractivity contribution in [3.8, 4) is 0 Å². The summed E-state index contributed by atoms with van der Waals surface area (Å²) in [5.41, 5.74) is 1.39. The van der Waals surface area contributed by atoms with E-state index in [1.54, 1.807) is 24.4 Å². The molecule has 0 atom stereocenters. The molecule has 0 aliphatic rings. The maximum Gasteiger partial charge on any atom is 0.0718 e. The molecule has 1 aromatic carbocycles. The maximum atomic E-state index is 8.99. The fourth-order valence-electron chi connectivity index (χ4n) is 1.28. The normalized spacial score (nSPS) is 10.8. The second-order valence-corrected chi connectivity index (χ2v) is 3.73. The number of aliphatic hydroxyl groups excluding tert-OH is 1. The Morgan fingerprint density at radius 2 is 2.07 bits per heavy atom. The maximum absolute atomic E-state index is 8.99. The first-order valence-electron chi connectivity index (χ1n) is 4.06. The van der Waals surface area contributed by atoms with Crippen LogP contribution in [0.4, 0.5) is 0 Å². The van der Waals surface area contributed by atoms with Gasteiger partial charge in [0.1, 0.15) is 0 Å². The summed E-state index contributed by atoms with van der Waals surface area (Å²) in [6, 6.07) is 5.29. The van der Waals surface area contributed by atoms with Crippen molar-refractivity contribution in [2.24, 2.45) is 0 Å². The zero-order chi connectivity index (χ0) is 10.1. The van der Waals surface area contributed by atoms with Gasteiger partial charge in [0.15, 0.2) is 0 Å². The minimum absolute atomic E-state index is 0.117. The molecule has 14 heavy (non-hydrogen) atoms. The van der Waals surface area contributed by atoms with Crippen LogP contribution in [0.2, 0.25) is 10.0 Å². The van der Waals surface area contributed by atoms with Crippen molar-refractivity contribution in [3.63, 3.8) is 0 Å². The predicted octanol–water partition coefficient (Wildman–Crippen LogP) is 3.03. The van der Waals surface area contributed by atoms with Gasteiger partial charge in [-0.3, -0.25) is 4.98 Å². The van der Waals surface area contributed by atoms with E-state index in [4.69, 9.17) is 28.3 Å². The Balaban J connectivity index is 2.79. The Labute approximate surface area is 91.1 Å². The SMILES string of the molecule is OCc1cnc2ccc(Cl)cc2c1Cl. The van der Waals surface area contributed by atoms with Crippen molar-refractivity contribution in [1.82, 2.24) is 4.98 Å². The molecule has 1 N–H and O–H groups in total. The van der Waals surface area contributed by atoms with E-state index in [-0.39, 0.29) is 6.61 Å². The summed E-state index contributed by atoms with van der Waals surface area (Å²) >= 11 is 11.9. The topological polar surface area (TPSA) is 33.1 Å². The first kappa shape index (κ1) is 9.71. The van der Waals surface area contributed by atoms with Gasteiger partial charge in [0.05, 0.1) is 17.1 Å². The molecule has 2 rings (SSSR count). The van der Waals surface area contributed by atoms with E-state index in [0.717, 1.165) is 10.9 Å². The van der Waals surface area contributed by atoms with E-state index in [1.165, 1.54) is 0 Å². The number of halogens is 2. The van der Waals surface area contributed by atoms with Crippen LogP contribution in [0.5, 0.6) is 0 Å². The van der Waals surface area contributed by atoms with Crippen molar-refractivity contribution < 1.29 is 5.11 Å². The summed E-state index contributed by atoms with van der Waals surface area (Å²) < 4.78 is 0. The number of nitrogens with zero attached hydrogens (tertiary/aromatic N) is 1. The highest BCUT2D eigenvalue weighted by Crippen LogP contribution is 2.27. The van der Waals surface area contributed by atoms with Crippen LogP contribution in [-0.2, 0) is 6.61 Å². The average molecular weight is 228 g/mol. The lowest BCUT2D eigenvalue weighted by Gasteiger charge is -2.04. The molecular formula is C10H7Cl2NO. The van der Waals surface area contributed by atoms with Gasteiger partial charge >= 0.3 is 0 Å². The molecule has 2 nitrogen and oxygen atoms in total. The van der Waals surface area contributed by atoms with Crippen LogP contribution >= 0.6 is 23.2 Å². The molecule has 0 bridgehead atoms. The first-order valence-corrected chi connectivity index (χ1v) is 4.81. The molecule has 0 amide bonds. The Morgan fingerprint density at radius 1 is 1.29 bits per heavy atom. The van der Waals surface area contributed by atoms with Crippen molar-refractivity contribution in [2.45, 2.75) is 6.61 Å². The standard InChI is InChI=1S/C10H7Cl2NO/c11-7-1-2-9-8(3-7)10(12)6(5-14)4-13-9/h1-4,14H,5H2. The van der Waals surface area contributed by atoms with E-state index < -0.39 is 0 Å². The molecule has 4 heteroatoms. The zero-order valence-corrected chi connectivity index (χ0v) is 8.68. The molecular weight excluding hydrogens is 221 g/mol. The average Bonchev–Trinajstić information content (AvgIpc) is 2.20. The van der Waals surface area contributed by atoms with Gasteiger partial charge in [0.2, 0.25) is 0 Å². The van der Waals surface area contributed by atoms with Crippen molar-refractivity contribution in [2.75, 3.05) is 0 Å². The Hall–Kier alpha value is -0.830. The summed E-state index contributed by atoms with van der Waals surface area (Å²) in [6.45, 7) is -0.117. The van der Waals surface area contributed by atoms with Gasteiger partial charge in [-0.05, 0) is 18.2 Å². The molecule has 0 saturated carbocycles. The number of fused-ring (bicyclic) bond motifs is 1. The smallest absolute Gasteiger partial charge is 0.0718 e. The van der Waals surface area contributed by atoms with E-state index in [9.17, 15) is 0 Å². The highest BCUT2D eigenvalue weighted by molar-refractivity contribution is 6.37. The van der Waals surface area contributed by atoms with Crippen molar-refractivity contribution in [1.29, 1.82) is 0 Å². The molecule has 0 unspecified atom stereocenters. The number of hydrogen-bond donors (Lipinski definition) is 1. The molecule has 0 radical (unpaired) electrons. The molecule has 0 saturated heterocycles. The second-order valence-electron chi connectivity index (χ2n) is 2.92. The van der Waals surface area contributed by atoms with Gasteiger partial charge in [-0.2, -0.15) is 0 Å². The zero-order valence-electron chi connectivity index (χ0n) is 7.17. The third kappa shape index (κ3) is 1.57. The lowest BCUT2D eigenvalue weighted by Crippen LogP contribution is -1.89. The van der Waals surface area contributed by atoms with Gasteiger partial charge in [-0.15, -0.1) is 0 Å².